The Balaban J connectivity index is 0. The van der Waals surface area contributed by atoms with Gasteiger partial charge in [0, 0.05) is 13.5 Å². The van der Waals surface area contributed by atoms with Gasteiger partial charge in [0.15, 0.2) is 0 Å². The number of rotatable bonds is 4. The van der Waals surface area contributed by atoms with Crippen LogP contribution in [0.25, 0.3) is 0 Å². The Morgan fingerprint density at radius 3 is 2.25 bits per heavy atom. The third-order valence-electron chi connectivity index (χ3n) is 0.725. The van der Waals surface area contributed by atoms with Crippen molar-refractivity contribution in [3.63, 3.8) is 0 Å². The first kappa shape index (κ1) is 13.9. The lowest BCUT2D eigenvalue weighted by Crippen LogP contribution is -2.19. The van der Waals surface area contributed by atoms with Crippen LogP contribution < -0.4 is 0 Å². The second-order valence-corrected chi connectivity index (χ2v) is 2.01. The Kier molecular flexibility index (Phi) is 12.0. The quantitative estimate of drug-likeness (QED) is 0.541. The average Bonchev–Trinajstić information content (AvgIpc) is 1.99. The van der Waals surface area contributed by atoms with Crippen molar-refractivity contribution in [3.8, 4) is 0 Å². The fourth-order valence-electron chi connectivity index (χ4n) is 0.307. The highest BCUT2D eigenvalue weighted by Crippen LogP contribution is 1.81. The summed E-state index contributed by atoms with van der Waals surface area (Å²) < 4.78 is 4.78. The van der Waals surface area contributed by atoms with Crippen molar-refractivity contribution in [1.29, 1.82) is 0 Å². The highest BCUT2D eigenvalue weighted by molar-refractivity contribution is 5.62. The van der Waals surface area contributed by atoms with Crippen molar-refractivity contribution in [2.24, 2.45) is 0 Å². The largest absolute Gasteiger partial charge is 0.481 e. The molecule has 0 bridgehead atoms. The van der Waals surface area contributed by atoms with Crippen LogP contribution in [0.15, 0.2) is 0 Å². The van der Waals surface area contributed by atoms with Crippen molar-refractivity contribution in [2.45, 2.75) is 20.0 Å². The van der Waals surface area contributed by atoms with Crippen molar-refractivity contribution >= 4 is 5.97 Å². The SMILES string of the molecule is CC(=O)O.CCOCC(O)CO. The van der Waals surface area contributed by atoms with E-state index in [9.17, 15) is 0 Å². The number of carboxylic acids is 1. The van der Waals surface area contributed by atoms with Gasteiger partial charge in [-0.3, -0.25) is 4.79 Å². The topological polar surface area (TPSA) is 87.0 Å². The Morgan fingerprint density at radius 2 is 2.00 bits per heavy atom. The minimum absolute atomic E-state index is 0.222. The van der Waals surface area contributed by atoms with Crippen LogP contribution in [0.2, 0.25) is 0 Å². The van der Waals surface area contributed by atoms with Crippen LogP contribution >= 0.6 is 0 Å². The number of hydrogen-bond acceptors (Lipinski definition) is 4. The lowest BCUT2D eigenvalue weighted by molar-refractivity contribution is -0.134. The molecule has 0 aliphatic rings. The molecule has 0 amide bonds. The summed E-state index contributed by atoms with van der Waals surface area (Å²) in [4.78, 5) is 9.00. The molecule has 5 heteroatoms. The molecule has 0 aliphatic heterocycles. The minimum Gasteiger partial charge on any atom is -0.481 e. The Hall–Kier alpha value is -0.650. The van der Waals surface area contributed by atoms with E-state index < -0.39 is 12.1 Å². The average molecular weight is 180 g/mol. The van der Waals surface area contributed by atoms with Crippen molar-refractivity contribution in [3.05, 3.63) is 0 Å². The standard InChI is InChI=1S/C5H12O3.C2H4O2/c1-2-8-4-5(7)3-6;1-2(3)4/h5-7H,2-4H2,1H3;1H3,(H,3,4). The molecule has 0 spiro atoms. The maximum atomic E-state index is 9.00. The van der Waals surface area contributed by atoms with E-state index in [1.165, 1.54) is 0 Å². The third kappa shape index (κ3) is 22.8. The van der Waals surface area contributed by atoms with Gasteiger partial charge in [-0.1, -0.05) is 0 Å². The van der Waals surface area contributed by atoms with E-state index in [-0.39, 0.29) is 13.2 Å². The fraction of sp³-hybridized carbons (Fsp3) is 0.857. The number of aliphatic hydroxyl groups excluding tert-OH is 2. The van der Waals surface area contributed by atoms with Crippen LogP contribution in [0, 0.1) is 0 Å². The highest BCUT2D eigenvalue weighted by atomic mass is 16.5. The molecule has 0 rings (SSSR count). The first-order valence-electron chi connectivity index (χ1n) is 3.60. The molecule has 0 heterocycles. The van der Waals surface area contributed by atoms with Crippen molar-refractivity contribution < 1.29 is 24.9 Å². The fourth-order valence-corrected chi connectivity index (χ4v) is 0.307. The number of ether oxygens (including phenoxy) is 1. The molecule has 0 fully saturated rings. The third-order valence-corrected chi connectivity index (χ3v) is 0.725. The highest BCUT2D eigenvalue weighted by Gasteiger charge is 1.98. The second-order valence-electron chi connectivity index (χ2n) is 2.01. The van der Waals surface area contributed by atoms with Crippen LogP contribution in [-0.4, -0.2) is 47.2 Å². The van der Waals surface area contributed by atoms with Crippen molar-refractivity contribution in [2.75, 3.05) is 19.8 Å². The van der Waals surface area contributed by atoms with E-state index in [4.69, 9.17) is 24.9 Å². The molecular weight excluding hydrogens is 164 g/mol. The summed E-state index contributed by atoms with van der Waals surface area (Å²) in [6.45, 7) is 3.51. The number of hydrogen-bond donors (Lipinski definition) is 3. The maximum Gasteiger partial charge on any atom is 0.300 e. The molecule has 0 radical (unpaired) electrons. The first-order valence-corrected chi connectivity index (χ1v) is 3.60. The van der Waals surface area contributed by atoms with Gasteiger partial charge in [-0.15, -0.1) is 0 Å². The molecule has 74 valence electrons. The van der Waals surface area contributed by atoms with Gasteiger partial charge in [0.05, 0.1) is 13.2 Å². The molecule has 0 aliphatic carbocycles. The molecule has 1 unspecified atom stereocenters. The van der Waals surface area contributed by atoms with Gasteiger partial charge in [0.2, 0.25) is 0 Å². The predicted octanol–water partition coefficient (Wildman–Crippen LogP) is -0.533. The first-order chi connectivity index (χ1) is 5.54. The smallest absolute Gasteiger partial charge is 0.300 e. The number of aliphatic hydroxyl groups is 2. The number of aliphatic carboxylic acids is 1. The maximum absolute atomic E-state index is 9.00. The van der Waals surface area contributed by atoms with Crippen LogP contribution in [-0.2, 0) is 9.53 Å². The molecule has 5 nitrogen and oxygen atoms in total. The summed E-state index contributed by atoms with van der Waals surface area (Å²) in [6.07, 6.45) is -0.713. The van der Waals surface area contributed by atoms with Gasteiger partial charge in [-0.05, 0) is 6.92 Å². The number of carbonyl (C=O) groups is 1. The second kappa shape index (κ2) is 10.3. The van der Waals surface area contributed by atoms with Gasteiger partial charge in [0.25, 0.3) is 5.97 Å². The summed E-state index contributed by atoms with van der Waals surface area (Å²) in [7, 11) is 0. The number of carboxylic acid groups (broad SMARTS) is 1. The molecule has 12 heavy (non-hydrogen) atoms. The molecule has 0 aromatic heterocycles. The summed E-state index contributed by atoms with van der Waals surface area (Å²) in [5.41, 5.74) is 0. The van der Waals surface area contributed by atoms with Gasteiger partial charge < -0.3 is 20.1 Å². The normalized spacial score (nSPS) is 11.3. The molecule has 3 N–H and O–H groups in total. The van der Waals surface area contributed by atoms with Crippen LogP contribution in [0.3, 0.4) is 0 Å². The van der Waals surface area contributed by atoms with E-state index in [1.807, 2.05) is 6.92 Å². The van der Waals surface area contributed by atoms with Gasteiger partial charge in [-0.25, -0.2) is 0 Å². The van der Waals surface area contributed by atoms with Gasteiger partial charge in [0.1, 0.15) is 6.10 Å². The van der Waals surface area contributed by atoms with Crippen molar-refractivity contribution in [1.82, 2.24) is 0 Å². The molecule has 0 saturated heterocycles. The van der Waals surface area contributed by atoms with Gasteiger partial charge in [-0.2, -0.15) is 0 Å². The molecule has 0 aromatic carbocycles. The molecular formula is C7H16O5. The van der Waals surface area contributed by atoms with E-state index in [0.717, 1.165) is 6.92 Å². The molecule has 0 saturated carbocycles. The molecule has 1 atom stereocenters. The lowest BCUT2D eigenvalue weighted by Gasteiger charge is -2.04. The van der Waals surface area contributed by atoms with E-state index in [2.05, 4.69) is 0 Å². The minimum atomic E-state index is -0.833. The zero-order valence-electron chi connectivity index (χ0n) is 7.36. The monoisotopic (exact) mass is 180 g/mol. The summed E-state index contributed by atoms with van der Waals surface area (Å²) in [5.74, 6) is -0.833. The van der Waals surface area contributed by atoms with E-state index >= 15 is 0 Å². The predicted molar refractivity (Wildman–Crippen MR) is 42.9 cm³/mol. The van der Waals surface area contributed by atoms with Crippen LogP contribution in [0.5, 0.6) is 0 Å². The Morgan fingerprint density at radius 1 is 1.58 bits per heavy atom. The molecule has 0 aromatic rings. The Bertz CT molecular complexity index is 100.0. The summed E-state index contributed by atoms with van der Waals surface area (Å²) >= 11 is 0. The zero-order chi connectivity index (χ0) is 9.98. The zero-order valence-corrected chi connectivity index (χ0v) is 7.36. The summed E-state index contributed by atoms with van der Waals surface area (Å²) in [5, 5.41) is 24.3. The van der Waals surface area contributed by atoms with E-state index in [0.29, 0.717) is 6.61 Å². The van der Waals surface area contributed by atoms with Gasteiger partial charge >= 0.3 is 0 Å². The summed E-state index contributed by atoms with van der Waals surface area (Å²) in [6, 6.07) is 0. The van der Waals surface area contributed by atoms with Crippen LogP contribution in [0.4, 0.5) is 0 Å². The van der Waals surface area contributed by atoms with E-state index in [1.54, 1.807) is 0 Å². The lowest BCUT2D eigenvalue weighted by atomic mass is 10.4. The van der Waals surface area contributed by atoms with Crippen LogP contribution in [0.1, 0.15) is 13.8 Å². The Labute approximate surface area is 71.6 Å².